The number of rotatable bonds is 1. The van der Waals surface area contributed by atoms with E-state index in [1.54, 1.807) is 12.1 Å². The standard InChI is InChI=1S/C15H8ClN3/c16-11-7-5-10(6-8-11)15-13(9-17)12-3-1-2-4-14(12)18-19-15/h1-8H. The van der Waals surface area contributed by atoms with E-state index in [1.807, 2.05) is 36.4 Å². The Morgan fingerprint density at radius 1 is 0.947 bits per heavy atom. The van der Waals surface area contributed by atoms with Crippen LogP contribution in [0.1, 0.15) is 5.56 Å². The van der Waals surface area contributed by atoms with Gasteiger partial charge in [-0.2, -0.15) is 5.26 Å². The fraction of sp³-hybridized carbons (Fsp3) is 0. The lowest BCUT2D eigenvalue weighted by Crippen LogP contribution is -1.94. The molecule has 0 spiro atoms. The van der Waals surface area contributed by atoms with E-state index in [1.165, 1.54) is 0 Å². The van der Waals surface area contributed by atoms with E-state index in [0.717, 1.165) is 16.5 Å². The molecule has 3 rings (SSSR count). The first kappa shape index (κ1) is 11.6. The molecule has 0 aliphatic heterocycles. The molecular formula is C15H8ClN3. The summed E-state index contributed by atoms with van der Waals surface area (Å²) in [4.78, 5) is 0. The van der Waals surface area contributed by atoms with Crippen molar-refractivity contribution in [2.45, 2.75) is 0 Å². The van der Waals surface area contributed by atoms with Crippen molar-refractivity contribution in [3.05, 3.63) is 59.1 Å². The summed E-state index contributed by atoms with van der Waals surface area (Å²) in [6.07, 6.45) is 0. The average molecular weight is 266 g/mol. The molecule has 0 amide bonds. The summed E-state index contributed by atoms with van der Waals surface area (Å²) in [6.45, 7) is 0. The molecular weight excluding hydrogens is 258 g/mol. The normalized spacial score (nSPS) is 10.3. The number of hydrogen-bond donors (Lipinski definition) is 0. The molecule has 1 heterocycles. The van der Waals surface area contributed by atoms with E-state index in [9.17, 15) is 5.26 Å². The highest BCUT2D eigenvalue weighted by Crippen LogP contribution is 2.26. The Morgan fingerprint density at radius 3 is 2.42 bits per heavy atom. The molecule has 0 N–H and O–H groups in total. The molecule has 0 aliphatic rings. The van der Waals surface area contributed by atoms with Crippen molar-refractivity contribution in [1.82, 2.24) is 10.2 Å². The molecule has 0 saturated carbocycles. The van der Waals surface area contributed by atoms with Crippen molar-refractivity contribution in [2.75, 3.05) is 0 Å². The topological polar surface area (TPSA) is 49.6 Å². The zero-order chi connectivity index (χ0) is 13.2. The van der Waals surface area contributed by atoms with E-state index in [2.05, 4.69) is 16.3 Å². The van der Waals surface area contributed by atoms with Gasteiger partial charge in [0.1, 0.15) is 11.8 Å². The zero-order valence-electron chi connectivity index (χ0n) is 9.84. The lowest BCUT2D eigenvalue weighted by Gasteiger charge is -2.05. The van der Waals surface area contributed by atoms with Gasteiger partial charge in [0.05, 0.1) is 11.1 Å². The highest BCUT2D eigenvalue weighted by molar-refractivity contribution is 6.30. The maximum atomic E-state index is 9.39. The van der Waals surface area contributed by atoms with Crippen LogP contribution >= 0.6 is 11.6 Å². The Bertz CT molecular complexity index is 789. The Balaban J connectivity index is 2.30. The second kappa shape index (κ2) is 4.68. The Morgan fingerprint density at radius 2 is 1.68 bits per heavy atom. The van der Waals surface area contributed by atoms with Gasteiger partial charge in [-0.15, -0.1) is 10.2 Å². The van der Waals surface area contributed by atoms with Crippen molar-refractivity contribution in [1.29, 1.82) is 5.26 Å². The summed E-state index contributed by atoms with van der Waals surface area (Å²) in [5.74, 6) is 0. The minimum absolute atomic E-state index is 0.535. The summed E-state index contributed by atoms with van der Waals surface area (Å²) in [5.41, 5.74) is 2.67. The number of halogens is 1. The highest BCUT2D eigenvalue weighted by atomic mass is 35.5. The summed E-state index contributed by atoms with van der Waals surface area (Å²) < 4.78 is 0. The number of aromatic nitrogens is 2. The monoisotopic (exact) mass is 265 g/mol. The number of nitrogens with zero attached hydrogens (tertiary/aromatic N) is 3. The average Bonchev–Trinajstić information content (AvgIpc) is 2.47. The van der Waals surface area contributed by atoms with Crippen LogP contribution in [0.3, 0.4) is 0 Å². The molecule has 90 valence electrons. The van der Waals surface area contributed by atoms with Crippen LogP contribution < -0.4 is 0 Å². The van der Waals surface area contributed by atoms with Crippen LogP contribution in [-0.4, -0.2) is 10.2 Å². The first-order chi connectivity index (χ1) is 9.29. The molecule has 0 saturated heterocycles. The fourth-order valence-corrected chi connectivity index (χ4v) is 2.10. The van der Waals surface area contributed by atoms with Crippen LogP contribution in [0, 0.1) is 11.3 Å². The van der Waals surface area contributed by atoms with Gasteiger partial charge in [0, 0.05) is 16.0 Å². The number of nitriles is 1. The van der Waals surface area contributed by atoms with Crippen LogP contribution in [0.2, 0.25) is 5.02 Å². The van der Waals surface area contributed by atoms with Gasteiger partial charge < -0.3 is 0 Å². The molecule has 1 aromatic heterocycles. The van der Waals surface area contributed by atoms with Gasteiger partial charge in [-0.05, 0) is 18.2 Å². The van der Waals surface area contributed by atoms with Gasteiger partial charge in [-0.25, -0.2) is 0 Å². The van der Waals surface area contributed by atoms with Gasteiger partial charge in [0.25, 0.3) is 0 Å². The highest BCUT2D eigenvalue weighted by Gasteiger charge is 2.11. The van der Waals surface area contributed by atoms with Crippen molar-refractivity contribution < 1.29 is 0 Å². The molecule has 0 unspecified atom stereocenters. The zero-order valence-corrected chi connectivity index (χ0v) is 10.6. The molecule has 0 bridgehead atoms. The van der Waals surface area contributed by atoms with Crippen molar-refractivity contribution in [3.63, 3.8) is 0 Å². The molecule has 3 aromatic rings. The SMILES string of the molecule is N#Cc1c(-c2ccc(Cl)cc2)nnc2ccccc12. The largest absolute Gasteiger partial charge is 0.192 e. The van der Waals surface area contributed by atoms with E-state index in [0.29, 0.717) is 16.3 Å². The van der Waals surface area contributed by atoms with Crippen molar-refractivity contribution in [3.8, 4) is 17.3 Å². The molecule has 0 atom stereocenters. The first-order valence-corrected chi connectivity index (χ1v) is 6.09. The molecule has 19 heavy (non-hydrogen) atoms. The lowest BCUT2D eigenvalue weighted by molar-refractivity contribution is 1.08. The maximum Gasteiger partial charge on any atom is 0.111 e. The molecule has 0 fully saturated rings. The predicted octanol–water partition coefficient (Wildman–Crippen LogP) is 3.82. The molecule has 4 heteroatoms. The summed E-state index contributed by atoms with van der Waals surface area (Å²) >= 11 is 5.87. The van der Waals surface area contributed by atoms with Crippen LogP contribution in [-0.2, 0) is 0 Å². The lowest BCUT2D eigenvalue weighted by atomic mass is 10.0. The summed E-state index contributed by atoms with van der Waals surface area (Å²) in [5, 5.41) is 19.2. The smallest absolute Gasteiger partial charge is 0.111 e. The molecule has 2 aromatic carbocycles. The molecule has 0 radical (unpaired) electrons. The third-order valence-corrected chi connectivity index (χ3v) is 3.15. The summed E-state index contributed by atoms with van der Waals surface area (Å²) in [7, 11) is 0. The van der Waals surface area contributed by atoms with Gasteiger partial charge in [0.2, 0.25) is 0 Å². The second-order valence-electron chi connectivity index (χ2n) is 4.06. The fourth-order valence-electron chi connectivity index (χ4n) is 1.98. The predicted molar refractivity (Wildman–Crippen MR) is 74.7 cm³/mol. The van der Waals surface area contributed by atoms with E-state index < -0.39 is 0 Å². The van der Waals surface area contributed by atoms with Crippen molar-refractivity contribution >= 4 is 22.5 Å². The minimum atomic E-state index is 0.535. The van der Waals surface area contributed by atoms with E-state index in [-0.39, 0.29) is 0 Å². The minimum Gasteiger partial charge on any atom is -0.192 e. The quantitative estimate of drug-likeness (QED) is 0.672. The number of fused-ring (bicyclic) bond motifs is 1. The first-order valence-electron chi connectivity index (χ1n) is 5.71. The van der Waals surface area contributed by atoms with Gasteiger partial charge in [-0.1, -0.05) is 41.9 Å². The van der Waals surface area contributed by atoms with Gasteiger partial charge in [0.15, 0.2) is 0 Å². The number of hydrogen-bond acceptors (Lipinski definition) is 3. The Labute approximate surface area is 115 Å². The van der Waals surface area contributed by atoms with E-state index >= 15 is 0 Å². The summed E-state index contributed by atoms with van der Waals surface area (Å²) in [6, 6.07) is 16.9. The van der Waals surface area contributed by atoms with Crippen LogP contribution in [0.4, 0.5) is 0 Å². The molecule has 0 aliphatic carbocycles. The van der Waals surface area contributed by atoms with Crippen LogP contribution in [0.25, 0.3) is 22.2 Å². The number of benzene rings is 2. The third kappa shape index (κ3) is 2.03. The maximum absolute atomic E-state index is 9.39. The third-order valence-electron chi connectivity index (χ3n) is 2.90. The Hall–Kier alpha value is -2.44. The van der Waals surface area contributed by atoms with Gasteiger partial charge >= 0.3 is 0 Å². The molecule has 3 nitrogen and oxygen atoms in total. The second-order valence-corrected chi connectivity index (χ2v) is 4.50. The van der Waals surface area contributed by atoms with Crippen molar-refractivity contribution in [2.24, 2.45) is 0 Å². The van der Waals surface area contributed by atoms with Crippen LogP contribution in [0.15, 0.2) is 48.5 Å². The van der Waals surface area contributed by atoms with E-state index in [4.69, 9.17) is 11.6 Å². The van der Waals surface area contributed by atoms with Crippen LogP contribution in [0.5, 0.6) is 0 Å². The Kier molecular flexibility index (Phi) is 2.86. The van der Waals surface area contributed by atoms with Gasteiger partial charge in [-0.3, -0.25) is 0 Å².